The highest BCUT2D eigenvalue weighted by Crippen LogP contribution is 2.42. The van der Waals surface area contributed by atoms with Crippen molar-refractivity contribution in [2.24, 2.45) is 0 Å². The summed E-state index contributed by atoms with van der Waals surface area (Å²) in [4.78, 5) is 30.2. The van der Waals surface area contributed by atoms with E-state index in [4.69, 9.17) is 25.8 Å². The predicted molar refractivity (Wildman–Crippen MR) is 144 cm³/mol. The number of ether oxygens (including phenoxy) is 3. The zero-order valence-corrected chi connectivity index (χ0v) is 22.0. The topological polar surface area (TPSA) is 88.5 Å². The Labute approximate surface area is 225 Å². The molecule has 5 rings (SSSR count). The smallest absolute Gasteiger partial charge is 0.295 e. The van der Waals surface area contributed by atoms with E-state index in [1.807, 2.05) is 56.3 Å². The van der Waals surface area contributed by atoms with Gasteiger partial charge in [0, 0.05) is 31.9 Å². The summed E-state index contributed by atoms with van der Waals surface area (Å²) in [5.74, 6) is -0.187. The Bertz CT molecular complexity index is 1430. The molecule has 0 spiro atoms. The minimum atomic E-state index is -0.817. The maximum Gasteiger partial charge on any atom is 0.295 e. The SMILES string of the molecule is CCOc1cc(/C(O)=C2\C(=O)C(=O)N(Cc3ccc4c(c3)OCO4)C2c2ccc(N(C)C)cc2)ccc1Cl. The first-order chi connectivity index (χ1) is 18.3. The molecule has 1 unspecified atom stereocenters. The van der Waals surface area contributed by atoms with Crippen LogP contribution in [0.3, 0.4) is 0 Å². The first-order valence-corrected chi connectivity index (χ1v) is 12.5. The molecule has 8 nitrogen and oxygen atoms in total. The van der Waals surface area contributed by atoms with Crippen molar-refractivity contribution in [2.75, 3.05) is 32.4 Å². The van der Waals surface area contributed by atoms with Crippen LogP contribution < -0.4 is 19.1 Å². The standard InChI is InChI=1S/C29H27ClN2O6/c1-4-36-23-14-19(8-11-21(23)30)27(33)25-26(18-6-9-20(10-7-18)31(2)3)32(29(35)28(25)34)15-17-5-12-22-24(13-17)38-16-37-22/h5-14,26,33H,4,15-16H2,1-3H3/b27-25+. The van der Waals surface area contributed by atoms with E-state index >= 15 is 0 Å². The number of halogens is 1. The van der Waals surface area contributed by atoms with E-state index in [9.17, 15) is 14.7 Å². The van der Waals surface area contributed by atoms with Crippen molar-refractivity contribution in [3.8, 4) is 17.2 Å². The number of ketones is 1. The second-order valence-corrected chi connectivity index (χ2v) is 9.59. The molecule has 0 bridgehead atoms. The Morgan fingerprint density at radius 2 is 1.79 bits per heavy atom. The summed E-state index contributed by atoms with van der Waals surface area (Å²) in [6.45, 7) is 2.46. The van der Waals surface area contributed by atoms with E-state index in [1.165, 1.54) is 4.90 Å². The highest BCUT2D eigenvalue weighted by Gasteiger charge is 2.46. The molecule has 2 aliphatic heterocycles. The summed E-state index contributed by atoms with van der Waals surface area (Å²) >= 11 is 6.23. The minimum absolute atomic E-state index is 0.00174. The van der Waals surface area contributed by atoms with Crippen LogP contribution in [0.4, 0.5) is 5.69 Å². The Morgan fingerprint density at radius 1 is 1.05 bits per heavy atom. The number of nitrogens with zero attached hydrogens (tertiary/aromatic N) is 2. The molecule has 0 aromatic heterocycles. The Kier molecular flexibility index (Phi) is 6.91. The van der Waals surface area contributed by atoms with Crippen LogP contribution in [-0.4, -0.2) is 49.2 Å². The van der Waals surface area contributed by atoms with Gasteiger partial charge in [-0.15, -0.1) is 0 Å². The number of benzene rings is 3. The van der Waals surface area contributed by atoms with Gasteiger partial charge in [0.25, 0.3) is 11.7 Å². The van der Waals surface area contributed by atoms with Gasteiger partial charge in [-0.2, -0.15) is 0 Å². The summed E-state index contributed by atoms with van der Waals surface area (Å²) in [5, 5.41) is 11.8. The van der Waals surface area contributed by atoms with Crippen LogP contribution in [0.25, 0.3) is 5.76 Å². The van der Waals surface area contributed by atoms with E-state index in [0.717, 1.165) is 11.3 Å². The zero-order valence-electron chi connectivity index (χ0n) is 21.2. The van der Waals surface area contributed by atoms with Crippen molar-refractivity contribution in [3.63, 3.8) is 0 Å². The molecule has 196 valence electrons. The van der Waals surface area contributed by atoms with Crippen LogP contribution in [0.1, 0.15) is 29.7 Å². The summed E-state index contributed by atoms with van der Waals surface area (Å²) < 4.78 is 16.4. The highest BCUT2D eigenvalue weighted by molar-refractivity contribution is 6.46. The zero-order chi connectivity index (χ0) is 27.0. The molecule has 2 heterocycles. The van der Waals surface area contributed by atoms with Gasteiger partial charge < -0.3 is 29.1 Å². The summed E-state index contributed by atoms with van der Waals surface area (Å²) in [6, 6.07) is 16.9. The van der Waals surface area contributed by atoms with Crippen molar-refractivity contribution in [2.45, 2.75) is 19.5 Å². The fraction of sp³-hybridized carbons (Fsp3) is 0.241. The molecule has 3 aromatic rings. The molecule has 0 radical (unpaired) electrons. The summed E-state index contributed by atoms with van der Waals surface area (Å²) in [7, 11) is 3.86. The van der Waals surface area contributed by atoms with Crippen LogP contribution in [0, 0.1) is 0 Å². The number of anilines is 1. The maximum atomic E-state index is 13.4. The molecule has 2 aliphatic rings. The summed E-state index contributed by atoms with van der Waals surface area (Å²) in [5.41, 5.74) is 2.74. The number of hydrogen-bond donors (Lipinski definition) is 1. The molecular weight excluding hydrogens is 508 g/mol. The number of carbonyl (C=O) groups is 2. The quantitative estimate of drug-likeness (QED) is 0.254. The van der Waals surface area contributed by atoms with Gasteiger partial charge in [0.15, 0.2) is 11.5 Å². The van der Waals surface area contributed by atoms with Gasteiger partial charge in [0.1, 0.15) is 11.5 Å². The fourth-order valence-electron chi connectivity index (χ4n) is 4.65. The summed E-state index contributed by atoms with van der Waals surface area (Å²) in [6.07, 6.45) is 0. The van der Waals surface area contributed by atoms with Crippen LogP contribution in [0.15, 0.2) is 66.2 Å². The monoisotopic (exact) mass is 534 g/mol. The van der Waals surface area contributed by atoms with Crippen molar-refractivity contribution in [1.29, 1.82) is 0 Å². The van der Waals surface area contributed by atoms with E-state index in [1.54, 1.807) is 30.3 Å². The minimum Gasteiger partial charge on any atom is -0.507 e. The number of carbonyl (C=O) groups excluding carboxylic acids is 2. The largest absolute Gasteiger partial charge is 0.507 e. The second-order valence-electron chi connectivity index (χ2n) is 9.18. The van der Waals surface area contributed by atoms with E-state index < -0.39 is 17.7 Å². The predicted octanol–water partition coefficient (Wildman–Crippen LogP) is 5.16. The van der Waals surface area contributed by atoms with Crippen molar-refractivity contribution in [3.05, 3.63) is 87.9 Å². The van der Waals surface area contributed by atoms with Crippen LogP contribution in [0.2, 0.25) is 5.02 Å². The first-order valence-electron chi connectivity index (χ1n) is 12.2. The van der Waals surface area contributed by atoms with Gasteiger partial charge in [-0.1, -0.05) is 29.8 Å². The average Bonchev–Trinajstić information content (AvgIpc) is 3.47. The molecule has 38 heavy (non-hydrogen) atoms. The van der Waals surface area contributed by atoms with Gasteiger partial charge >= 0.3 is 0 Å². The van der Waals surface area contributed by atoms with E-state index in [-0.39, 0.29) is 24.7 Å². The van der Waals surface area contributed by atoms with Gasteiger partial charge in [0.05, 0.1) is 23.2 Å². The average molecular weight is 535 g/mol. The molecule has 1 atom stereocenters. The lowest BCUT2D eigenvalue weighted by Crippen LogP contribution is -2.29. The number of hydrogen-bond acceptors (Lipinski definition) is 7. The molecular formula is C29H27ClN2O6. The van der Waals surface area contributed by atoms with E-state index in [0.29, 0.717) is 40.0 Å². The third-order valence-electron chi connectivity index (χ3n) is 6.56. The molecule has 1 saturated heterocycles. The normalized spacial score (nSPS) is 17.7. The molecule has 0 saturated carbocycles. The lowest BCUT2D eigenvalue weighted by molar-refractivity contribution is -0.140. The van der Waals surface area contributed by atoms with Crippen molar-refractivity contribution in [1.82, 2.24) is 4.90 Å². The molecule has 3 aromatic carbocycles. The number of rotatable bonds is 7. The Morgan fingerprint density at radius 3 is 2.50 bits per heavy atom. The molecule has 9 heteroatoms. The van der Waals surface area contributed by atoms with Gasteiger partial charge in [-0.05, 0) is 60.5 Å². The van der Waals surface area contributed by atoms with Gasteiger partial charge in [-0.25, -0.2) is 0 Å². The third-order valence-corrected chi connectivity index (χ3v) is 6.87. The number of fused-ring (bicyclic) bond motifs is 1. The molecule has 0 aliphatic carbocycles. The third kappa shape index (κ3) is 4.63. The fourth-order valence-corrected chi connectivity index (χ4v) is 4.82. The number of aliphatic hydroxyl groups is 1. The van der Waals surface area contributed by atoms with Gasteiger partial charge in [-0.3, -0.25) is 9.59 Å². The number of aliphatic hydroxyl groups excluding tert-OH is 1. The highest BCUT2D eigenvalue weighted by atomic mass is 35.5. The van der Waals surface area contributed by atoms with Crippen molar-refractivity contribution >= 4 is 34.7 Å². The number of amides is 1. The van der Waals surface area contributed by atoms with Crippen molar-refractivity contribution < 1.29 is 28.9 Å². The van der Waals surface area contributed by atoms with Gasteiger partial charge in [0.2, 0.25) is 6.79 Å². The number of likely N-dealkylation sites (tertiary alicyclic amines) is 1. The van der Waals surface area contributed by atoms with Crippen LogP contribution in [0.5, 0.6) is 17.2 Å². The second kappa shape index (κ2) is 10.3. The first kappa shape index (κ1) is 25.5. The number of Topliss-reactive ketones (excluding diaryl/α,β-unsaturated/α-hetero) is 1. The molecule has 1 fully saturated rings. The molecule has 1 amide bonds. The molecule has 1 N–H and O–H groups in total. The lowest BCUT2D eigenvalue weighted by Gasteiger charge is -2.26. The Hall–Kier alpha value is -4.17. The maximum absolute atomic E-state index is 13.4. The Balaban J connectivity index is 1.61. The lowest BCUT2D eigenvalue weighted by atomic mass is 9.95. The van der Waals surface area contributed by atoms with E-state index in [2.05, 4.69) is 0 Å². The van der Waals surface area contributed by atoms with Crippen LogP contribution in [-0.2, 0) is 16.1 Å². The van der Waals surface area contributed by atoms with Crippen LogP contribution >= 0.6 is 11.6 Å².